The van der Waals surface area contributed by atoms with Gasteiger partial charge in [-0.1, -0.05) is 35.9 Å². The van der Waals surface area contributed by atoms with Crippen molar-refractivity contribution in [1.82, 2.24) is 10.2 Å². The lowest BCUT2D eigenvalue weighted by molar-refractivity contribution is -0.115. The molecule has 0 saturated carbocycles. The van der Waals surface area contributed by atoms with E-state index in [1.165, 1.54) is 11.3 Å². The third kappa shape index (κ3) is 4.47. The molecule has 2 aromatic carbocycles. The summed E-state index contributed by atoms with van der Waals surface area (Å²) in [6.07, 6.45) is 0.211. The van der Waals surface area contributed by atoms with Crippen LogP contribution < -0.4 is 10.6 Å². The monoisotopic (exact) mass is 424 g/mol. The highest BCUT2D eigenvalue weighted by molar-refractivity contribution is 7.20. The topological polar surface area (TPSA) is 86.9 Å². The number of anilines is 2. The van der Waals surface area contributed by atoms with Crippen molar-refractivity contribution in [2.45, 2.75) is 13.3 Å². The molecule has 2 aromatic heterocycles. The van der Waals surface area contributed by atoms with Gasteiger partial charge in [0, 0.05) is 10.7 Å². The number of benzene rings is 2. The number of carbonyl (C=O) groups is 2. The van der Waals surface area contributed by atoms with Crippen molar-refractivity contribution in [2.24, 2.45) is 0 Å². The maximum Gasteiger partial charge on any atom is 0.265 e. The van der Waals surface area contributed by atoms with Gasteiger partial charge in [-0.2, -0.15) is 5.10 Å². The van der Waals surface area contributed by atoms with Gasteiger partial charge in [-0.3, -0.25) is 14.7 Å². The quantitative estimate of drug-likeness (QED) is 0.420. The number of aromatic amines is 1. The lowest BCUT2D eigenvalue weighted by atomic mass is 10.1. The van der Waals surface area contributed by atoms with Crippen LogP contribution in [0.1, 0.15) is 20.8 Å². The average Bonchev–Trinajstić information content (AvgIpc) is 3.26. The van der Waals surface area contributed by atoms with Crippen LogP contribution in [0, 0.1) is 6.92 Å². The molecule has 4 aromatic rings. The van der Waals surface area contributed by atoms with E-state index >= 15 is 0 Å². The summed E-state index contributed by atoms with van der Waals surface area (Å²) < 4.78 is 0. The fourth-order valence-electron chi connectivity index (χ4n) is 2.90. The molecule has 3 N–H and O–H groups in total. The van der Waals surface area contributed by atoms with Crippen molar-refractivity contribution in [3.05, 3.63) is 75.6 Å². The molecule has 0 radical (unpaired) electrons. The minimum atomic E-state index is -0.211. The van der Waals surface area contributed by atoms with Crippen LogP contribution in [-0.2, 0) is 11.2 Å². The van der Waals surface area contributed by atoms with E-state index in [0.29, 0.717) is 25.9 Å². The van der Waals surface area contributed by atoms with E-state index in [2.05, 4.69) is 20.8 Å². The number of nitrogens with one attached hydrogen (secondary N) is 3. The second-order valence-corrected chi connectivity index (χ2v) is 8.07. The number of hydrogen-bond donors (Lipinski definition) is 3. The Bertz CT molecular complexity index is 1200. The van der Waals surface area contributed by atoms with E-state index in [9.17, 15) is 9.59 Å². The predicted octanol–water partition coefficient (Wildman–Crippen LogP) is 5.02. The fraction of sp³-hybridized carbons (Fsp3) is 0.0952. The van der Waals surface area contributed by atoms with Crippen molar-refractivity contribution in [2.75, 3.05) is 10.6 Å². The van der Waals surface area contributed by atoms with Crippen LogP contribution >= 0.6 is 22.9 Å². The number of rotatable bonds is 5. The van der Waals surface area contributed by atoms with Crippen molar-refractivity contribution in [3.8, 4) is 0 Å². The molecule has 29 heavy (non-hydrogen) atoms. The van der Waals surface area contributed by atoms with E-state index < -0.39 is 0 Å². The number of carbonyl (C=O) groups excluding carboxylic acids is 2. The number of fused-ring (bicyclic) bond motifs is 1. The predicted molar refractivity (Wildman–Crippen MR) is 117 cm³/mol. The molecule has 0 unspecified atom stereocenters. The third-order valence-electron chi connectivity index (χ3n) is 4.29. The number of halogens is 1. The Morgan fingerprint density at radius 1 is 1.10 bits per heavy atom. The van der Waals surface area contributed by atoms with Crippen molar-refractivity contribution in [1.29, 1.82) is 0 Å². The van der Waals surface area contributed by atoms with Crippen LogP contribution in [-0.4, -0.2) is 22.0 Å². The number of amides is 2. The Labute approximate surface area is 175 Å². The molecule has 0 atom stereocenters. The molecule has 0 aliphatic carbocycles. The first-order chi connectivity index (χ1) is 14.0. The van der Waals surface area contributed by atoms with E-state index in [-0.39, 0.29) is 18.2 Å². The number of thiophene rings is 1. The Kier molecular flexibility index (Phi) is 5.33. The zero-order chi connectivity index (χ0) is 20.4. The molecule has 0 bridgehead atoms. The highest BCUT2D eigenvalue weighted by atomic mass is 35.5. The molecular weight excluding hydrogens is 408 g/mol. The van der Waals surface area contributed by atoms with Gasteiger partial charge in [-0.15, -0.1) is 11.3 Å². The SMILES string of the molecule is Cc1cccc(NC(=O)c2cc3c(NC(=O)Cc4ccc(Cl)cc4)[nH]nc3s2)c1. The number of aromatic nitrogens is 2. The lowest BCUT2D eigenvalue weighted by Crippen LogP contribution is -2.14. The Morgan fingerprint density at radius 3 is 2.66 bits per heavy atom. The summed E-state index contributed by atoms with van der Waals surface area (Å²) in [5, 5.41) is 14.0. The minimum Gasteiger partial charge on any atom is -0.321 e. The van der Waals surface area contributed by atoms with Crippen LogP contribution in [0.5, 0.6) is 0 Å². The summed E-state index contributed by atoms with van der Waals surface area (Å²) in [5.74, 6) is 0.0803. The zero-order valence-corrected chi connectivity index (χ0v) is 17.0. The number of H-pyrrole nitrogens is 1. The van der Waals surface area contributed by atoms with Crippen LogP contribution in [0.2, 0.25) is 5.02 Å². The fourth-order valence-corrected chi connectivity index (χ4v) is 3.92. The standard InChI is InChI=1S/C21H17ClN4O2S/c1-12-3-2-4-15(9-12)23-20(28)17-11-16-19(25-26-21(16)29-17)24-18(27)10-13-5-7-14(22)8-6-13/h2-9,11H,10H2,1H3,(H,23,28)(H2,24,25,26,27). The van der Waals surface area contributed by atoms with Crippen LogP contribution in [0.25, 0.3) is 10.2 Å². The lowest BCUT2D eigenvalue weighted by Gasteiger charge is -2.04. The summed E-state index contributed by atoms with van der Waals surface area (Å²) in [5.41, 5.74) is 2.65. The van der Waals surface area contributed by atoms with E-state index in [0.717, 1.165) is 16.8 Å². The number of hydrogen-bond acceptors (Lipinski definition) is 4. The van der Waals surface area contributed by atoms with E-state index in [1.807, 2.05) is 43.3 Å². The smallest absolute Gasteiger partial charge is 0.265 e. The van der Waals surface area contributed by atoms with Crippen LogP contribution in [0.3, 0.4) is 0 Å². The van der Waals surface area contributed by atoms with E-state index in [1.54, 1.807) is 18.2 Å². The van der Waals surface area contributed by atoms with Crippen molar-refractivity contribution in [3.63, 3.8) is 0 Å². The van der Waals surface area contributed by atoms with Gasteiger partial charge in [0.15, 0.2) is 0 Å². The summed E-state index contributed by atoms with van der Waals surface area (Å²) in [4.78, 5) is 26.1. The largest absolute Gasteiger partial charge is 0.321 e. The summed E-state index contributed by atoms with van der Waals surface area (Å²) >= 11 is 7.13. The van der Waals surface area contributed by atoms with Crippen LogP contribution in [0.15, 0.2) is 54.6 Å². The molecular formula is C21H17ClN4O2S. The Balaban J connectivity index is 1.47. The molecule has 0 spiro atoms. The Hall–Kier alpha value is -3.16. The molecule has 0 aliphatic heterocycles. The number of nitrogens with zero attached hydrogens (tertiary/aromatic N) is 1. The summed E-state index contributed by atoms with van der Waals surface area (Å²) in [6, 6.07) is 16.4. The summed E-state index contributed by atoms with van der Waals surface area (Å²) in [6.45, 7) is 1.97. The number of aryl methyl sites for hydroxylation is 1. The first-order valence-corrected chi connectivity index (χ1v) is 10.1. The average molecular weight is 425 g/mol. The maximum atomic E-state index is 12.6. The first-order valence-electron chi connectivity index (χ1n) is 8.88. The normalized spacial score (nSPS) is 10.8. The van der Waals surface area contributed by atoms with Gasteiger partial charge in [0.2, 0.25) is 5.91 Å². The maximum absolute atomic E-state index is 12.6. The van der Waals surface area contributed by atoms with Gasteiger partial charge >= 0.3 is 0 Å². The van der Waals surface area contributed by atoms with Gasteiger partial charge in [-0.05, 0) is 48.4 Å². The van der Waals surface area contributed by atoms with E-state index in [4.69, 9.17) is 11.6 Å². The molecule has 2 heterocycles. The molecule has 0 saturated heterocycles. The van der Waals surface area contributed by atoms with Gasteiger partial charge in [-0.25, -0.2) is 0 Å². The van der Waals surface area contributed by atoms with Gasteiger partial charge in [0.1, 0.15) is 10.6 Å². The van der Waals surface area contributed by atoms with Gasteiger partial charge in [0.25, 0.3) is 5.91 Å². The second-order valence-electron chi connectivity index (χ2n) is 6.60. The molecule has 146 valence electrons. The molecule has 8 heteroatoms. The van der Waals surface area contributed by atoms with Gasteiger partial charge in [0.05, 0.1) is 16.7 Å². The second kappa shape index (κ2) is 8.06. The van der Waals surface area contributed by atoms with Crippen molar-refractivity contribution >= 4 is 56.5 Å². The van der Waals surface area contributed by atoms with Gasteiger partial charge < -0.3 is 10.6 Å². The molecule has 6 nitrogen and oxygen atoms in total. The first kappa shape index (κ1) is 19.2. The molecule has 0 aliphatic rings. The highest BCUT2D eigenvalue weighted by Crippen LogP contribution is 2.30. The Morgan fingerprint density at radius 2 is 1.90 bits per heavy atom. The zero-order valence-electron chi connectivity index (χ0n) is 15.5. The minimum absolute atomic E-state index is 0.185. The molecule has 4 rings (SSSR count). The molecule has 0 fully saturated rings. The summed E-state index contributed by atoms with van der Waals surface area (Å²) in [7, 11) is 0. The van der Waals surface area contributed by atoms with Crippen molar-refractivity contribution < 1.29 is 9.59 Å². The highest BCUT2D eigenvalue weighted by Gasteiger charge is 2.17. The molecule has 2 amide bonds. The van der Waals surface area contributed by atoms with Crippen LogP contribution in [0.4, 0.5) is 11.5 Å². The third-order valence-corrected chi connectivity index (χ3v) is 5.57.